The van der Waals surface area contributed by atoms with E-state index in [1.54, 1.807) is 30.5 Å². The van der Waals surface area contributed by atoms with Gasteiger partial charge < -0.3 is 14.5 Å². The van der Waals surface area contributed by atoms with Crippen molar-refractivity contribution in [1.82, 2.24) is 15.2 Å². The third kappa shape index (κ3) is 4.96. The van der Waals surface area contributed by atoms with Gasteiger partial charge in [0.05, 0.1) is 11.9 Å². The predicted octanol–water partition coefficient (Wildman–Crippen LogP) is 2.58. The number of aromatic nitrogens is 1. The third-order valence-corrected chi connectivity index (χ3v) is 6.64. The minimum atomic E-state index is -0.659. The van der Waals surface area contributed by atoms with Gasteiger partial charge in [-0.3, -0.25) is 25.0 Å². The molecule has 3 aliphatic rings. The number of amides is 4. The summed E-state index contributed by atoms with van der Waals surface area (Å²) in [6.45, 7) is 2.29. The molecule has 1 aromatic heterocycles. The van der Waals surface area contributed by atoms with Crippen molar-refractivity contribution in [2.75, 3.05) is 23.3 Å². The molecule has 10 nitrogen and oxygen atoms in total. The lowest BCUT2D eigenvalue weighted by atomic mass is 10.0. The summed E-state index contributed by atoms with van der Waals surface area (Å²) in [4.78, 5) is 57.0. The highest BCUT2D eigenvalue weighted by atomic mass is 16.5. The van der Waals surface area contributed by atoms with Gasteiger partial charge in [-0.05, 0) is 55.0 Å². The maximum absolute atomic E-state index is 12.9. The second-order valence-electron chi connectivity index (χ2n) is 9.05. The van der Waals surface area contributed by atoms with Crippen LogP contribution in [-0.2, 0) is 27.5 Å². The van der Waals surface area contributed by atoms with Crippen LogP contribution in [0.4, 0.5) is 16.3 Å². The molecule has 5 rings (SSSR count). The second kappa shape index (κ2) is 9.73. The van der Waals surface area contributed by atoms with Crippen LogP contribution in [0.15, 0.2) is 36.5 Å². The van der Waals surface area contributed by atoms with Gasteiger partial charge in [0.15, 0.2) is 0 Å². The first-order valence-corrected chi connectivity index (χ1v) is 11.9. The number of carbonyl (C=O) groups is 4. The Bertz CT molecular complexity index is 1160. The standard InChI is InChI=1S/C25H27N5O5/c31-22-9-7-20(23(32)28-22)30-14-17-5-4-16(12-19(17)24(30)33)15-35-25(34)27-18-6-8-21(26-13-18)29-10-2-1-3-11-29/h4-6,8,12-13,20H,1-3,7,9-11,14-15H2,(H,27,34)(H,28,31,32). The first kappa shape index (κ1) is 22.8. The van der Waals surface area contributed by atoms with Gasteiger partial charge >= 0.3 is 6.09 Å². The predicted molar refractivity (Wildman–Crippen MR) is 127 cm³/mol. The number of pyridine rings is 1. The number of imide groups is 1. The van der Waals surface area contributed by atoms with Crippen LogP contribution >= 0.6 is 0 Å². The van der Waals surface area contributed by atoms with Crippen LogP contribution in [0, 0.1) is 0 Å². The third-order valence-electron chi connectivity index (χ3n) is 6.64. The van der Waals surface area contributed by atoms with E-state index in [0.29, 0.717) is 29.8 Å². The molecule has 4 heterocycles. The van der Waals surface area contributed by atoms with Crippen LogP contribution in [0.3, 0.4) is 0 Å². The highest BCUT2D eigenvalue weighted by molar-refractivity contribution is 6.05. The molecule has 3 aliphatic heterocycles. The first-order valence-electron chi connectivity index (χ1n) is 11.9. The lowest BCUT2D eigenvalue weighted by molar-refractivity contribution is -0.136. The van der Waals surface area contributed by atoms with E-state index in [-0.39, 0.29) is 24.8 Å². The van der Waals surface area contributed by atoms with Gasteiger partial charge in [-0.25, -0.2) is 9.78 Å². The summed E-state index contributed by atoms with van der Waals surface area (Å²) in [6.07, 6.45) is 5.10. The van der Waals surface area contributed by atoms with E-state index in [1.165, 1.54) is 11.3 Å². The summed E-state index contributed by atoms with van der Waals surface area (Å²) >= 11 is 0. The largest absolute Gasteiger partial charge is 0.444 e. The van der Waals surface area contributed by atoms with Crippen molar-refractivity contribution in [2.45, 2.75) is 51.3 Å². The Kier molecular flexibility index (Phi) is 6.35. The number of benzene rings is 1. The molecular formula is C25H27N5O5. The van der Waals surface area contributed by atoms with Gasteiger partial charge in [-0.2, -0.15) is 0 Å². The number of hydrogen-bond acceptors (Lipinski definition) is 7. The van der Waals surface area contributed by atoms with Gasteiger partial charge in [-0.1, -0.05) is 12.1 Å². The molecule has 2 aromatic rings. The molecule has 35 heavy (non-hydrogen) atoms. The highest BCUT2D eigenvalue weighted by Gasteiger charge is 2.39. The second-order valence-corrected chi connectivity index (χ2v) is 9.05. The van der Waals surface area contributed by atoms with Crippen molar-refractivity contribution in [3.05, 3.63) is 53.2 Å². The fourth-order valence-electron chi connectivity index (χ4n) is 4.76. The Morgan fingerprint density at radius 3 is 2.69 bits per heavy atom. The van der Waals surface area contributed by atoms with E-state index < -0.39 is 18.0 Å². The van der Waals surface area contributed by atoms with E-state index in [1.807, 2.05) is 6.07 Å². The summed E-state index contributed by atoms with van der Waals surface area (Å²) in [5.74, 6) is -0.124. The molecule has 10 heteroatoms. The molecule has 0 radical (unpaired) electrons. The van der Waals surface area contributed by atoms with Crippen LogP contribution < -0.4 is 15.5 Å². The monoisotopic (exact) mass is 477 g/mol. The minimum absolute atomic E-state index is 0.00982. The van der Waals surface area contributed by atoms with Crippen LogP contribution in [0.2, 0.25) is 0 Å². The zero-order chi connectivity index (χ0) is 24.4. The van der Waals surface area contributed by atoms with Gasteiger partial charge in [0.1, 0.15) is 18.5 Å². The summed E-state index contributed by atoms with van der Waals surface area (Å²) in [5, 5.41) is 4.97. The number of anilines is 2. The van der Waals surface area contributed by atoms with Crippen LogP contribution in [0.25, 0.3) is 0 Å². The van der Waals surface area contributed by atoms with E-state index >= 15 is 0 Å². The summed E-state index contributed by atoms with van der Waals surface area (Å²) in [6, 6.07) is 8.32. The molecule has 0 spiro atoms. The number of ether oxygens (including phenoxy) is 1. The topological polar surface area (TPSA) is 121 Å². The Hall–Kier alpha value is -3.95. The smallest absolute Gasteiger partial charge is 0.412 e. The van der Waals surface area contributed by atoms with E-state index in [9.17, 15) is 19.2 Å². The normalized spacial score (nSPS) is 19.9. The van der Waals surface area contributed by atoms with Crippen molar-refractivity contribution in [3.63, 3.8) is 0 Å². The van der Waals surface area contributed by atoms with Gasteiger partial charge in [-0.15, -0.1) is 0 Å². The Morgan fingerprint density at radius 1 is 1.11 bits per heavy atom. The van der Waals surface area contributed by atoms with Crippen molar-refractivity contribution in [2.24, 2.45) is 0 Å². The number of nitrogens with one attached hydrogen (secondary N) is 2. The van der Waals surface area contributed by atoms with E-state index in [2.05, 4.69) is 20.5 Å². The average molecular weight is 478 g/mol. The number of fused-ring (bicyclic) bond motifs is 1. The Labute approximate surface area is 202 Å². The molecule has 1 atom stereocenters. The molecule has 2 fully saturated rings. The van der Waals surface area contributed by atoms with E-state index in [4.69, 9.17) is 4.74 Å². The molecule has 2 saturated heterocycles. The van der Waals surface area contributed by atoms with Crippen molar-refractivity contribution in [3.8, 4) is 0 Å². The van der Waals surface area contributed by atoms with Gasteiger partial charge in [0.25, 0.3) is 5.91 Å². The summed E-state index contributed by atoms with van der Waals surface area (Å²) in [7, 11) is 0. The molecule has 182 valence electrons. The van der Waals surface area contributed by atoms with Gasteiger partial charge in [0.2, 0.25) is 11.8 Å². The highest BCUT2D eigenvalue weighted by Crippen LogP contribution is 2.28. The van der Waals surface area contributed by atoms with Crippen LogP contribution in [0.1, 0.15) is 53.6 Å². The molecule has 0 saturated carbocycles. The van der Waals surface area contributed by atoms with Crippen molar-refractivity contribution < 1.29 is 23.9 Å². The van der Waals surface area contributed by atoms with Crippen LogP contribution in [-0.4, -0.2) is 52.8 Å². The lowest BCUT2D eigenvalue weighted by Gasteiger charge is -2.29. The summed E-state index contributed by atoms with van der Waals surface area (Å²) < 4.78 is 5.33. The molecule has 2 N–H and O–H groups in total. The minimum Gasteiger partial charge on any atom is -0.444 e. The SMILES string of the molecule is O=C1CCC(N2Cc3ccc(COC(=O)Nc4ccc(N5CCCCC5)nc4)cc3C2=O)C(=O)N1. The quantitative estimate of drug-likeness (QED) is 0.635. The molecule has 0 bridgehead atoms. The fourth-order valence-corrected chi connectivity index (χ4v) is 4.76. The lowest BCUT2D eigenvalue weighted by Crippen LogP contribution is -2.52. The number of hydrogen-bond donors (Lipinski definition) is 2. The molecule has 0 aliphatic carbocycles. The van der Waals surface area contributed by atoms with Crippen LogP contribution in [0.5, 0.6) is 0 Å². The Morgan fingerprint density at radius 2 is 1.94 bits per heavy atom. The molecular weight excluding hydrogens is 450 g/mol. The van der Waals surface area contributed by atoms with E-state index in [0.717, 1.165) is 37.3 Å². The molecule has 1 unspecified atom stereocenters. The molecule has 1 aromatic carbocycles. The zero-order valence-electron chi connectivity index (χ0n) is 19.3. The number of nitrogens with zero attached hydrogens (tertiary/aromatic N) is 3. The fraction of sp³-hybridized carbons (Fsp3) is 0.400. The average Bonchev–Trinajstić information content (AvgIpc) is 3.19. The number of carbonyl (C=O) groups excluding carboxylic acids is 4. The van der Waals surface area contributed by atoms with Gasteiger partial charge in [0, 0.05) is 31.6 Å². The number of piperidine rings is 2. The number of rotatable bonds is 5. The maximum Gasteiger partial charge on any atom is 0.412 e. The summed E-state index contributed by atoms with van der Waals surface area (Å²) in [5.41, 5.74) is 2.48. The first-order chi connectivity index (χ1) is 17.0. The maximum atomic E-state index is 12.9. The van der Waals surface area contributed by atoms with Crippen molar-refractivity contribution in [1.29, 1.82) is 0 Å². The Balaban J connectivity index is 1.15. The van der Waals surface area contributed by atoms with Crippen molar-refractivity contribution >= 4 is 35.3 Å². The zero-order valence-corrected chi connectivity index (χ0v) is 19.3. The molecule has 4 amide bonds.